The number of hydrogen-bond donors (Lipinski definition) is 0. The van der Waals surface area contributed by atoms with Crippen LogP contribution in [0, 0.1) is 0 Å². The molecular weight excluding hydrogens is 949 g/mol. The van der Waals surface area contributed by atoms with E-state index in [1.807, 2.05) is 11.3 Å². The first kappa shape index (κ1) is 45.4. The summed E-state index contributed by atoms with van der Waals surface area (Å²) < 4.78 is 2.64. The first-order chi connectivity index (χ1) is 38.0. The molecule has 3 heteroatoms. The smallest absolute Gasteiger partial charge is 0.0657 e. The topological polar surface area (TPSA) is 6.48 Å². The van der Waals surface area contributed by atoms with Crippen molar-refractivity contribution in [2.24, 2.45) is 0 Å². The zero-order chi connectivity index (χ0) is 51.2. The standard InChI is InChI=1S/C74H54N2S/c1-48-18-17-29-61-57(48)40-36-53-35-38-56(46-67(53)61)76(70-31-16-14-26-60(70)50-21-7-4-8-22-50)74(2)43-42-65-71(47-74)77-73-64-41-39-55(45-68(64)62-27-11-12-28-63(62)72(65)73)75(69-30-15-13-25-59(69)49-19-5-3-6-20-49)54-37-34-52-33-32-51-23-9-10-24-58(51)66(52)44-54/h3-17,19-42,44-48H,18,43H2,1-2H3. The van der Waals surface area contributed by atoms with Gasteiger partial charge in [-0.2, -0.15) is 0 Å². The van der Waals surface area contributed by atoms with Gasteiger partial charge in [0.25, 0.3) is 0 Å². The van der Waals surface area contributed by atoms with E-state index in [1.165, 1.54) is 118 Å². The van der Waals surface area contributed by atoms with Crippen LogP contribution in [-0.4, -0.2) is 5.54 Å². The van der Waals surface area contributed by atoms with Crippen LogP contribution >= 0.6 is 11.3 Å². The van der Waals surface area contributed by atoms with Gasteiger partial charge >= 0.3 is 0 Å². The lowest BCUT2D eigenvalue weighted by Crippen LogP contribution is -2.46. The Morgan fingerprint density at radius 3 is 1.79 bits per heavy atom. The highest BCUT2D eigenvalue weighted by molar-refractivity contribution is 7.18. The fraction of sp³-hybridized carbons (Fsp3) is 0.0811. The van der Waals surface area contributed by atoms with Crippen LogP contribution in [0.5, 0.6) is 0 Å². The largest absolute Gasteiger partial charge is 0.331 e. The fourth-order valence-corrected chi connectivity index (χ4v) is 14.4. The average molecular weight is 1000 g/mol. The molecule has 2 aliphatic carbocycles. The van der Waals surface area contributed by atoms with Crippen molar-refractivity contribution in [2.45, 2.75) is 38.1 Å². The highest BCUT2D eigenvalue weighted by Gasteiger charge is 2.35. The molecule has 0 fully saturated rings. The van der Waals surface area contributed by atoms with Gasteiger partial charge in [-0.1, -0.05) is 213 Å². The fourth-order valence-electron chi connectivity index (χ4n) is 13.0. The van der Waals surface area contributed by atoms with Crippen molar-refractivity contribution in [3.63, 3.8) is 0 Å². The number of rotatable bonds is 8. The molecule has 0 bridgehead atoms. The van der Waals surface area contributed by atoms with Crippen LogP contribution in [0.25, 0.3) is 104 Å². The molecule has 0 amide bonds. The van der Waals surface area contributed by atoms with Gasteiger partial charge in [0.05, 0.1) is 11.2 Å². The van der Waals surface area contributed by atoms with Gasteiger partial charge in [-0.15, -0.1) is 11.3 Å². The summed E-state index contributed by atoms with van der Waals surface area (Å²) in [6.07, 6.45) is 11.8. The molecule has 2 unspecified atom stereocenters. The summed E-state index contributed by atoms with van der Waals surface area (Å²) >= 11 is 1.95. The number of nitrogens with zero attached hydrogens (tertiary/aromatic N) is 2. The lowest BCUT2D eigenvalue weighted by molar-refractivity contribution is 0.618. The van der Waals surface area contributed by atoms with Crippen molar-refractivity contribution < 1.29 is 0 Å². The first-order valence-electron chi connectivity index (χ1n) is 27.1. The molecule has 0 aliphatic heterocycles. The van der Waals surface area contributed by atoms with E-state index in [4.69, 9.17) is 0 Å². The van der Waals surface area contributed by atoms with Gasteiger partial charge in [-0.3, -0.25) is 0 Å². The van der Waals surface area contributed by atoms with Crippen molar-refractivity contribution in [3.05, 3.63) is 264 Å². The van der Waals surface area contributed by atoms with E-state index >= 15 is 0 Å². The lowest BCUT2D eigenvalue weighted by Gasteiger charge is -2.42. The van der Waals surface area contributed by atoms with Crippen LogP contribution < -0.4 is 19.6 Å². The van der Waals surface area contributed by atoms with Crippen molar-refractivity contribution in [2.75, 3.05) is 9.80 Å². The molecule has 77 heavy (non-hydrogen) atoms. The Morgan fingerprint density at radius 1 is 0.468 bits per heavy atom. The van der Waals surface area contributed by atoms with Gasteiger partial charge in [-0.05, 0) is 156 Å². The molecule has 0 spiro atoms. The van der Waals surface area contributed by atoms with Crippen molar-refractivity contribution >= 4 is 122 Å². The van der Waals surface area contributed by atoms with E-state index in [0.717, 1.165) is 29.9 Å². The maximum atomic E-state index is 2.65. The number of benzene rings is 12. The molecule has 0 saturated carbocycles. The third-order valence-corrected chi connectivity index (χ3v) is 17.9. The van der Waals surface area contributed by atoms with Crippen molar-refractivity contribution in [1.82, 2.24) is 0 Å². The zero-order valence-electron chi connectivity index (χ0n) is 43.1. The number of allylic oxidation sites excluding steroid dienone is 1. The predicted octanol–water partition coefficient (Wildman–Crippen LogP) is 19.6. The van der Waals surface area contributed by atoms with Gasteiger partial charge in [0, 0.05) is 53.9 Å². The number of anilines is 5. The van der Waals surface area contributed by atoms with Gasteiger partial charge < -0.3 is 9.80 Å². The molecule has 13 aromatic rings. The molecule has 1 heterocycles. The second-order valence-corrected chi connectivity index (χ2v) is 22.5. The van der Waals surface area contributed by atoms with E-state index in [1.54, 1.807) is 0 Å². The summed E-state index contributed by atoms with van der Waals surface area (Å²) in [5.41, 5.74) is 12.9. The Bertz CT molecular complexity index is 4680. The van der Waals surface area contributed by atoms with Crippen molar-refractivity contribution in [3.8, 4) is 22.3 Å². The third kappa shape index (κ3) is 7.44. The summed E-state index contributed by atoms with van der Waals surface area (Å²) in [4.78, 5) is 5.13. The van der Waals surface area contributed by atoms with Crippen LogP contribution in [0.3, 0.4) is 0 Å². The molecule has 366 valence electrons. The normalized spacial score (nSPS) is 15.9. The van der Waals surface area contributed by atoms with Crippen LogP contribution in [0.4, 0.5) is 28.4 Å². The summed E-state index contributed by atoms with van der Waals surface area (Å²) in [6, 6.07) is 88.0. The Hall–Kier alpha value is -9.02. The number of thiophene rings is 1. The highest BCUT2D eigenvalue weighted by Crippen LogP contribution is 2.48. The number of fused-ring (bicyclic) bond motifs is 14. The minimum Gasteiger partial charge on any atom is -0.331 e. The molecular formula is C74H54N2S. The second kappa shape index (κ2) is 18.1. The van der Waals surface area contributed by atoms with Gasteiger partial charge in [0.15, 0.2) is 0 Å². The predicted molar refractivity (Wildman–Crippen MR) is 333 cm³/mol. The molecule has 15 rings (SSSR count). The first-order valence-corrected chi connectivity index (χ1v) is 27.9. The minimum atomic E-state index is -0.416. The Labute approximate surface area is 453 Å². The molecule has 0 N–H and O–H groups in total. The Morgan fingerprint density at radius 2 is 1.03 bits per heavy atom. The van der Waals surface area contributed by atoms with Gasteiger partial charge in [0.1, 0.15) is 0 Å². The molecule has 0 saturated heterocycles. The molecule has 1 aromatic heterocycles. The van der Waals surface area contributed by atoms with Gasteiger partial charge in [-0.25, -0.2) is 0 Å². The van der Waals surface area contributed by atoms with Crippen LogP contribution in [0.1, 0.15) is 43.7 Å². The number of hydrogen-bond acceptors (Lipinski definition) is 3. The SMILES string of the molecule is CC1CC=Cc2c1ccc1ccc(N(c3ccccc3-c3ccccc3)C3(C)C=c4sc5c6ccc(N(c7ccc8ccc9ccccc9c8c7)c7ccccc7-c7ccccc7)cc6c6ccccc6c5c4=CC3)cc21. The Kier molecular flexibility index (Phi) is 10.7. The van der Waals surface area contributed by atoms with Crippen molar-refractivity contribution in [1.29, 1.82) is 0 Å². The molecule has 12 aromatic carbocycles. The molecule has 0 radical (unpaired) electrons. The lowest BCUT2D eigenvalue weighted by atomic mass is 9.85. The van der Waals surface area contributed by atoms with E-state index in [9.17, 15) is 0 Å². The second-order valence-electron chi connectivity index (χ2n) is 21.4. The molecule has 2 atom stereocenters. The van der Waals surface area contributed by atoms with E-state index in [2.05, 4.69) is 285 Å². The summed E-state index contributed by atoms with van der Waals surface area (Å²) in [7, 11) is 0. The summed E-state index contributed by atoms with van der Waals surface area (Å²) in [6.45, 7) is 4.81. The Balaban J connectivity index is 0.942. The average Bonchev–Trinajstić information content (AvgIpc) is 4.01. The maximum Gasteiger partial charge on any atom is 0.0657 e. The van der Waals surface area contributed by atoms with Crippen LogP contribution in [0.2, 0.25) is 0 Å². The van der Waals surface area contributed by atoms with Crippen LogP contribution in [-0.2, 0) is 0 Å². The quantitative estimate of drug-likeness (QED) is 0.140. The molecule has 2 aliphatic rings. The van der Waals surface area contributed by atoms with Crippen LogP contribution in [0.15, 0.2) is 243 Å². The highest BCUT2D eigenvalue weighted by atomic mass is 32.1. The maximum absolute atomic E-state index is 2.65. The van der Waals surface area contributed by atoms with E-state index < -0.39 is 5.54 Å². The third-order valence-electron chi connectivity index (χ3n) is 16.7. The zero-order valence-corrected chi connectivity index (χ0v) is 43.9. The number of para-hydroxylation sites is 2. The summed E-state index contributed by atoms with van der Waals surface area (Å²) in [5, 5.41) is 15.3. The summed E-state index contributed by atoms with van der Waals surface area (Å²) in [5.74, 6) is 0.489. The van der Waals surface area contributed by atoms with E-state index in [0.29, 0.717) is 5.92 Å². The molecule has 2 nitrogen and oxygen atoms in total. The minimum absolute atomic E-state index is 0.416. The van der Waals surface area contributed by atoms with E-state index in [-0.39, 0.29) is 0 Å². The van der Waals surface area contributed by atoms with Gasteiger partial charge in [0.2, 0.25) is 0 Å². The monoisotopic (exact) mass is 1000 g/mol.